The summed E-state index contributed by atoms with van der Waals surface area (Å²) in [6.07, 6.45) is 0.986. The van der Waals surface area contributed by atoms with Crippen LogP contribution in [0.25, 0.3) is 0 Å². The molecule has 0 amide bonds. The summed E-state index contributed by atoms with van der Waals surface area (Å²) in [5.74, 6) is 0.610. The molecule has 1 aromatic rings. The second-order valence-electron chi connectivity index (χ2n) is 4.31. The lowest BCUT2D eigenvalue weighted by atomic mass is 9.92. The van der Waals surface area contributed by atoms with E-state index in [0.717, 1.165) is 17.1 Å². The first-order chi connectivity index (χ1) is 5.92. The smallest absolute Gasteiger partial charge is 0.112 e. The molecule has 0 saturated heterocycles. The van der Waals surface area contributed by atoms with Gasteiger partial charge in [0.2, 0.25) is 0 Å². The zero-order valence-corrected chi connectivity index (χ0v) is 9.61. The molecule has 1 heterocycles. The first-order valence-corrected chi connectivity index (χ1v) is 5.51. The highest BCUT2D eigenvalue weighted by Crippen LogP contribution is 2.27. The van der Waals surface area contributed by atoms with Crippen LogP contribution in [-0.4, -0.2) is 4.98 Å². The first-order valence-electron chi connectivity index (χ1n) is 4.63. The Hall–Kier alpha value is -0.410. The van der Waals surface area contributed by atoms with Gasteiger partial charge in [-0.2, -0.15) is 0 Å². The highest BCUT2D eigenvalue weighted by molar-refractivity contribution is 7.09. The third-order valence-corrected chi connectivity index (χ3v) is 3.18. The lowest BCUT2D eigenvalue weighted by molar-refractivity contribution is 0.379. The molecule has 1 aromatic heterocycles. The van der Waals surface area contributed by atoms with Crippen molar-refractivity contribution in [3.8, 4) is 0 Å². The highest BCUT2D eigenvalue weighted by Gasteiger charge is 2.25. The van der Waals surface area contributed by atoms with Gasteiger partial charge in [-0.25, -0.2) is 4.98 Å². The van der Waals surface area contributed by atoms with Crippen molar-refractivity contribution in [2.24, 2.45) is 11.7 Å². The van der Waals surface area contributed by atoms with Crippen molar-refractivity contribution in [2.75, 3.05) is 0 Å². The van der Waals surface area contributed by atoms with Crippen LogP contribution < -0.4 is 5.73 Å². The van der Waals surface area contributed by atoms with Gasteiger partial charge in [0.1, 0.15) is 5.01 Å². The summed E-state index contributed by atoms with van der Waals surface area (Å²) in [4.78, 5) is 4.43. The number of aromatic nitrogens is 1. The van der Waals surface area contributed by atoms with E-state index < -0.39 is 0 Å². The lowest BCUT2D eigenvalue weighted by Crippen LogP contribution is -2.34. The Morgan fingerprint density at radius 1 is 1.62 bits per heavy atom. The normalized spacial score (nSPS) is 16.2. The molecule has 2 N–H and O–H groups in total. The van der Waals surface area contributed by atoms with E-state index in [2.05, 4.69) is 31.1 Å². The molecule has 0 bridgehead atoms. The maximum atomic E-state index is 6.20. The molecule has 0 aliphatic heterocycles. The van der Waals surface area contributed by atoms with Crippen molar-refractivity contribution >= 4 is 11.3 Å². The molecular formula is C10H18N2S. The fourth-order valence-corrected chi connectivity index (χ4v) is 2.44. The second-order valence-corrected chi connectivity index (χ2v) is 5.17. The predicted octanol–water partition coefficient (Wildman–Crippen LogP) is 2.67. The number of nitrogens with two attached hydrogens (primary N) is 1. The molecule has 0 saturated carbocycles. The van der Waals surface area contributed by atoms with E-state index in [9.17, 15) is 0 Å². The average Bonchev–Trinajstić information content (AvgIpc) is 2.32. The number of rotatable bonds is 3. The average molecular weight is 198 g/mol. The Morgan fingerprint density at radius 2 is 2.23 bits per heavy atom. The molecule has 0 radical (unpaired) electrons. The molecule has 1 atom stereocenters. The Bertz CT molecular complexity index is 276. The first kappa shape index (κ1) is 10.7. The van der Waals surface area contributed by atoms with Crippen LogP contribution in [0.15, 0.2) is 5.38 Å². The summed E-state index contributed by atoms with van der Waals surface area (Å²) in [5, 5.41) is 3.11. The van der Waals surface area contributed by atoms with Crippen molar-refractivity contribution in [1.29, 1.82) is 0 Å². The van der Waals surface area contributed by atoms with Gasteiger partial charge in [0.25, 0.3) is 0 Å². The minimum Gasteiger partial charge on any atom is -0.320 e. The van der Waals surface area contributed by atoms with E-state index in [0.29, 0.717) is 5.92 Å². The van der Waals surface area contributed by atoms with Gasteiger partial charge < -0.3 is 5.73 Å². The molecule has 0 spiro atoms. The molecule has 0 aromatic carbocycles. The van der Waals surface area contributed by atoms with Crippen molar-refractivity contribution in [3.63, 3.8) is 0 Å². The van der Waals surface area contributed by atoms with Gasteiger partial charge in [-0.1, -0.05) is 13.8 Å². The van der Waals surface area contributed by atoms with Crippen LogP contribution in [-0.2, 0) is 5.54 Å². The Kier molecular flexibility index (Phi) is 3.09. The maximum absolute atomic E-state index is 6.20. The zero-order valence-electron chi connectivity index (χ0n) is 8.79. The van der Waals surface area contributed by atoms with Gasteiger partial charge in [-0.05, 0) is 26.2 Å². The minimum absolute atomic E-state index is 0.257. The van der Waals surface area contributed by atoms with Crippen LogP contribution in [0.4, 0.5) is 0 Å². The van der Waals surface area contributed by atoms with Gasteiger partial charge in [0.05, 0.1) is 5.54 Å². The van der Waals surface area contributed by atoms with Crippen molar-refractivity contribution in [1.82, 2.24) is 4.98 Å². The molecule has 1 rings (SSSR count). The third kappa shape index (κ3) is 2.78. The third-order valence-electron chi connectivity index (χ3n) is 1.94. The summed E-state index contributed by atoms with van der Waals surface area (Å²) < 4.78 is 0. The van der Waals surface area contributed by atoms with E-state index >= 15 is 0 Å². The highest BCUT2D eigenvalue weighted by atomic mass is 32.1. The van der Waals surface area contributed by atoms with E-state index in [4.69, 9.17) is 5.73 Å². The Labute approximate surface area is 84.2 Å². The predicted molar refractivity (Wildman–Crippen MR) is 57.8 cm³/mol. The van der Waals surface area contributed by atoms with Gasteiger partial charge in [-0.3, -0.25) is 0 Å². The summed E-state index contributed by atoms with van der Waals surface area (Å²) in [5.41, 5.74) is 7.01. The Morgan fingerprint density at radius 3 is 2.62 bits per heavy atom. The maximum Gasteiger partial charge on any atom is 0.112 e. The van der Waals surface area contributed by atoms with Gasteiger partial charge >= 0.3 is 0 Å². The quantitative estimate of drug-likeness (QED) is 0.811. The molecule has 74 valence electrons. The van der Waals surface area contributed by atoms with Gasteiger partial charge in [0.15, 0.2) is 0 Å². The second kappa shape index (κ2) is 3.76. The lowest BCUT2D eigenvalue weighted by Gasteiger charge is -2.23. The van der Waals surface area contributed by atoms with Crippen LogP contribution in [0.2, 0.25) is 0 Å². The SMILES string of the molecule is Cc1csc(C(C)(N)CC(C)C)n1. The van der Waals surface area contributed by atoms with E-state index in [1.807, 2.05) is 6.92 Å². The number of hydrogen-bond acceptors (Lipinski definition) is 3. The van der Waals surface area contributed by atoms with Gasteiger partial charge in [0, 0.05) is 11.1 Å². The summed E-state index contributed by atoms with van der Waals surface area (Å²) in [6, 6.07) is 0. The largest absolute Gasteiger partial charge is 0.320 e. The van der Waals surface area contributed by atoms with Crippen molar-refractivity contribution < 1.29 is 0 Å². The standard InChI is InChI=1S/C10H18N2S/c1-7(2)5-10(4,11)9-12-8(3)6-13-9/h6-7H,5,11H2,1-4H3. The molecule has 0 aliphatic rings. The monoisotopic (exact) mass is 198 g/mol. The van der Waals surface area contributed by atoms with Gasteiger partial charge in [-0.15, -0.1) is 11.3 Å². The number of aryl methyl sites for hydroxylation is 1. The molecular weight excluding hydrogens is 180 g/mol. The number of hydrogen-bond donors (Lipinski definition) is 1. The van der Waals surface area contributed by atoms with Crippen molar-refractivity contribution in [3.05, 3.63) is 16.1 Å². The fourth-order valence-electron chi connectivity index (χ4n) is 1.55. The summed E-state index contributed by atoms with van der Waals surface area (Å²) in [7, 11) is 0. The number of nitrogens with zero attached hydrogens (tertiary/aromatic N) is 1. The van der Waals surface area contributed by atoms with E-state index in [-0.39, 0.29) is 5.54 Å². The molecule has 0 fully saturated rings. The minimum atomic E-state index is -0.257. The van der Waals surface area contributed by atoms with Crippen LogP contribution in [0.1, 0.15) is 37.9 Å². The summed E-state index contributed by atoms with van der Waals surface area (Å²) >= 11 is 1.66. The van der Waals surface area contributed by atoms with Crippen LogP contribution >= 0.6 is 11.3 Å². The molecule has 0 aliphatic carbocycles. The van der Waals surface area contributed by atoms with Crippen LogP contribution in [0.5, 0.6) is 0 Å². The molecule has 3 heteroatoms. The summed E-state index contributed by atoms with van der Waals surface area (Å²) in [6.45, 7) is 8.44. The number of thiazole rings is 1. The van der Waals surface area contributed by atoms with E-state index in [1.54, 1.807) is 11.3 Å². The van der Waals surface area contributed by atoms with Crippen LogP contribution in [0, 0.1) is 12.8 Å². The zero-order chi connectivity index (χ0) is 10.1. The fraction of sp³-hybridized carbons (Fsp3) is 0.700. The van der Waals surface area contributed by atoms with Crippen LogP contribution in [0.3, 0.4) is 0 Å². The molecule has 1 unspecified atom stereocenters. The van der Waals surface area contributed by atoms with E-state index in [1.165, 1.54) is 0 Å². The Balaban J connectivity index is 2.80. The topological polar surface area (TPSA) is 38.9 Å². The molecule has 13 heavy (non-hydrogen) atoms. The van der Waals surface area contributed by atoms with Crippen molar-refractivity contribution in [2.45, 2.75) is 39.7 Å². The molecule has 2 nitrogen and oxygen atoms in total.